The molecule has 0 radical (unpaired) electrons. The second kappa shape index (κ2) is 6.53. The zero-order chi connectivity index (χ0) is 11.9. The maximum atomic E-state index is 11.7. The number of ketones is 1. The molecule has 0 aliphatic rings. The smallest absolute Gasteiger partial charge is 0.375 e. The summed E-state index contributed by atoms with van der Waals surface area (Å²) in [5.74, 6) is -3.12. The summed E-state index contributed by atoms with van der Waals surface area (Å²) in [7, 11) is 2.49. The highest BCUT2D eigenvalue weighted by molar-refractivity contribution is 6.05. The molecule has 0 aromatic rings. The van der Waals surface area contributed by atoms with Crippen molar-refractivity contribution in [3.05, 3.63) is 0 Å². The van der Waals surface area contributed by atoms with Crippen molar-refractivity contribution in [2.75, 3.05) is 20.8 Å². The van der Waals surface area contributed by atoms with Crippen molar-refractivity contribution in [1.82, 2.24) is 0 Å². The van der Waals surface area contributed by atoms with Crippen molar-refractivity contribution in [2.24, 2.45) is 0 Å². The monoisotopic (exact) mass is 218 g/mol. The van der Waals surface area contributed by atoms with Crippen molar-refractivity contribution in [3.63, 3.8) is 0 Å². The summed E-state index contributed by atoms with van der Waals surface area (Å²) in [5.41, 5.74) is 0. The fourth-order valence-corrected chi connectivity index (χ4v) is 1.21. The van der Waals surface area contributed by atoms with Crippen LogP contribution < -0.4 is 0 Å². The van der Waals surface area contributed by atoms with Crippen molar-refractivity contribution in [1.29, 1.82) is 0 Å². The van der Waals surface area contributed by atoms with E-state index in [0.29, 0.717) is 6.42 Å². The summed E-state index contributed by atoms with van der Waals surface area (Å²) in [5, 5.41) is 0. The average molecular weight is 218 g/mol. The van der Waals surface area contributed by atoms with Gasteiger partial charge in [-0.15, -0.1) is 0 Å². The predicted octanol–water partition coefficient (Wildman–Crippen LogP) is 0.908. The molecule has 0 unspecified atom stereocenters. The normalized spacial score (nSPS) is 11.2. The number of Topliss-reactive ketones (excluding diaryl/α,β-unsaturated/α-hetero) is 1. The summed E-state index contributed by atoms with van der Waals surface area (Å²) in [6, 6.07) is 0. The Kier molecular flexibility index (Phi) is 6.12. The third kappa shape index (κ3) is 3.00. The lowest BCUT2D eigenvalue weighted by Gasteiger charge is -2.26. The number of methoxy groups -OCH3 is 2. The van der Waals surface area contributed by atoms with Gasteiger partial charge in [0.2, 0.25) is 5.78 Å². The average Bonchev–Trinajstić information content (AvgIpc) is 2.21. The molecular formula is C10H18O5. The van der Waals surface area contributed by atoms with Gasteiger partial charge in [0.1, 0.15) is 0 Å². The fourth-order valence-electron chi connectivity index (χ4n) is 1.21. The minimum Gasteiger partial charge on any atom is -0.462 e. The zero-order valence-electron chi connectivity index (χ0n) is 9.66. The molecule has 5 heteroatoms. The Morgan fingerprint density at radius 3 is 2.00 bits per heavy atom. The van der Waals surface area contributed by atoms with Crippen molar-refractivity contribution < 1.29 is 23.8 Å². The van der Waals surface area contributed by atoms with Crippen LogP contribution in [0.25, 0.3) is 0 Å². The van der Waals surface area contributed by atoms with Crippen LogP contribution in [-0.4, -0.2) is 38.4 Å². The van der Waals surface area contributed by atoms with Gasteiger partial charge in [0.15, 0.2) is 0 Å². The molecule has 0 rings (SSSR count). The maximum Gasteiger partial charge on any atom is 0.375 e. The molecule has 0 heterocycles. The molecule has 15 heavy (non-hydrogen) atoms. The van der Waals surface area contributed by atoms with E-state index in [4.69, 9.17) is 14.2 Å². The van der Waals surface area contributed by atoms with Gasteiger partial charge in [0.05, 0.1) is 6.61 Å². The van der Waals surface area contributed by atoms with Gasteiger partial charge in [-0.05, 0) is 13.3 Å². The van der Waals surface area contributed by atoms with Gasteiger partial charge >= 0.3 is 11.8 Å². The Morgan fingerprint density at radius 2 is 1.67 bits per heavy atom. The van der Waals surface area contributed by atoms with Crippen LogP contribution in [0.1, 0.15) is 26.7 Å². The van der Waals surface area contributed by atoms with Crippen molar-refractivity contribution in [3.8, 4) is 0 Å². The Hall–Kier alpha value is -0.940. The standard InChI is InChI=1S/C10H18O5/c1-5-7-8(11)10(13-3,14-4)9(12)15-6-2/h5-7H2,1-4H3. The molecule has 88 valence electrons. The summed E-state index contributed by atoms with van der Waals surface area (Å²) >= 11 is 0. The van der Waals surface area contributed by atoms with Gasteiger partial charge in [-0.3, -0.25) is 4.79 Å². The van der Waals surface area contributed by atoms with Crippen LogP contribution >= 0.6 is 0 Å². The molecule has 0 aliphatic heterocycles. The van der Waals surface area contributed by atoms with Gasteiger partial charge in [-0.2, -0.15) is 0 Å². The van der Waals surface area contributed by atoms with Gasteiger partial charge in [0.25, 0.3) is 0 Å². The maximum absolute atomic E-state index is 11.7. The number of hydrogen-bond donors (Lipinski definition) is 0. The Morgan fingerprint density at radius 1 is 1.13 bits per heavy atom. The number of hydrogen-bond acceptors (Lipinski definition) is 5. The fraction of sp³-hybridized carbons (Fsp3) is 0.800. The predicted molar refractivity (Wildman–Crippen MR) is 53.3 cm³/mol. The molecule has 0 aromatic heterocycles. The Labute approximate surface area is 89.7 Å². The summed E-state index contributed by atoms with van der Waals surface area (Å²) in [6.45, 7) is 3.66. The van der Waals surface area contributed by atoms with Crippen LogP contribution in [0.4, 0.5) is 0 Å². The van der Waals surface area contributed by atoms with Gasteiger partial charge in [-0.1, -0.05) is 6.92 Å². The van der Waals surface area contributed by atoms with Gasteiger partial charge < -0.3 is 14.2 Å². The third-order valence-corrected chi connectivity index (χ3v) is 1.96. The summed E-state index contributed by atoms with van der Waals surface area (Å²) in [4.78, 5) is 23.2. The molecule has 5 nitrogen and oxygen atoms in total. The minimum atomic E-state index is -1.90. The van der Waals surface area contributed by atoms with Crippen LogP contribution in [0.5, 0.6) is 0 Å². The second-order valence-electron chi connectivity index (χ2n) is 2.92. The summed E-state index contributed by atoms with van der Waals surface area (Å²) in [6.07, 6.45) is 0.827. The second-order valence-corrected chi connectivity index (χ2v) is 2.92. The van der Waals surface area contributed by atoms with E-state index in [0.717, 1.165) is 0 Å². The number of esters is 1. The quantitative estimate of drug-likeness (QED) is 0.361. The summed E-state index contributed by atoms with van der Waals surface area (Å²) < 4.78 is 14.5. The lowest BCUT2D eigenvalue weighted by Crippen LogP contribution is -2.51. The van der Waals surface area contributed by atoms with Crippen LogP contribution in [0.15, 0.2) is 0 Å². The minimum absolute atomic E-state index is 0.173. The van der Waals surface area contributed by atoms with E-state index in [-0.39, 0.29) is 13.0 Å². The van der Waals surface area contributed by atoms with Gasteiger partial charge in [-0.25, -0.2) is 4.79 Å². The molecule has 0 bridgehead atoms. The van der Waals surface area contributed by atoms with E-state index in [9.17, 15) is 9.59 Å². The first-order chi connectivity index (χ1) is 7.08. The first kappa shape index (κ1) is 14.1. The molecule has 0 N–H and O–H groups in total. The highest BCUT2D eigenvalue weighted by Crippen LogP contribution is 2.18. The number of ether oxygens (including phenoxy) is 3. The van der Waals surface area contributed by atoms with E-state index >= 15 is 0 Å². The third-order valence-electron chi connectivity index (χ3n) is 1.96. The Bertz CT molecular complexity index is 200. The first-order valence-electron chi connectivity index (χ1n) is 4.89. The van der Waals surface area contributed by atoms with Crippen LogP contribution in [-0.2, 0) is 23.8 Å². The Balaban J connectivity index is 4.86. The zero-order valence-corrected chi connectivity index (χ0v) is 9.66. The van der Waals surface area contributed by atoms with Crippen LogP contribution in [0, 0.1) is 0 Å². The largest absolute Gasteiger partial charge is 0.462 e. The lowest BCUT2D eigenvalue weighted by molar-refractivity contribution is -0.225. The molecule has 0 saturated carbocycles. The molecule has 0 aliphatic carbocycles. The number of rotatable bonds is 7. The number of carbonyl (C=O) groups excluding carboxylic acids is 2. The SMILES string of the molecule is CCCC(=O)C(OC)(OC)C(=O)OCC. The van der Waals surface area contributed by atoms with Crippen molar-refractivity contribution >= 4 is 11.8 Å². The lowest BCUT2D eigenvalue weighted by atomic mass is 10.1. The van der Waals surface area contributed by atoms with Gasteiger partial charge in [0, 0.05) is 20.6 Å². The molecule has 0 fully saturated rings. The van der Waals surface area contributed by atoms with E-state index in [2.05, 4.69) is 0 Å². The van der Waals surface area contributed by atoms with Crippen LogP contribution in [0.2, 0.25) is 0 Å². The molecular weight excluding hydrogens is 200 g/mol. The first-order valence-corrected chi connectivity index (χ1v) is 4.89. The van der Waals surface area contributed by atoms with E-state index in [1.807, 2.05) is 6.92 Å². The van der Waals surface area contributed by atoms with Crippen LogP contribution in [0.3, 0.4) is 0 Å². The molecule has 0 atom stereocenters. The van der Waals surface area contributed by atoms with E-state index < -0.39 is 17.5 Å². The number of carbonyl (C=O) groups is 2. The topological polar surface area (TPSA) is 61.8 Å². The molecule has 0 amide bonds. The highest BCUT2D eigenvalue weighted by atomic mass is 16.7. The molecule has 0 saturated heterocycles. The highest BCUT2D eigenvalue weighted by Gasteiger charge is 2.47. The van der Waals surface area contributed by atoms with E-state index in [1.165, 1.54) is 14.2 Å². The van der Waals surface area contributed by atoms with E-state index in [1.54, 1.807) is 6.92 Å². The molecule has 0 aromatic carbocycles. The molecule has 0 spiro atoms. The van der Waals surface area contributed by atoms with Crippen molar-refractivity contribution in [2.45, 2.75) is 32.5 Å².